The van der Waals surface area contributed by atoms with Crippen LogP contribution in [-0.2, 0) is 11.8 Å². The molecule has 0 unspecified atom stereocenters. The summed E-state index contributed by atoms with van der Waals surface area (Å²) in [5.41, 5.74) is 1.74. The largest absolute Gasteiger partial charge is 0.475 e. The van der Waals surface area contributed by atoms with Crippen molar-refractivity contribution in [2.75, 3.05) is 5.32 Å². The third-order valence-electron chi connectivity index (χ3n) is 3.98. The molecule has 6 nitrogen and oxygen atoms in total. The van der Waals surface area contributed by atoms with E-state index in [0.717, 1.165) is 0 Å². The Balaban J connectivity index is 0.00000163. The number of anilines is 1. The van der Waals surface area contributed by atoms with Crippen molar-refractivity contribution in [2.45, 2.75) is 34.6 Å². The summed E-state index contributed by atoms with van der Waals surface area (Å²) in [4.78, 5) is 35.3. The molecule has 0 aliphatic heterocycles. The molecule has 0 spiro atoms. The number of carboxylic acids is 1. The van der Waals surface area contributed by atoms with Gasteiger partial charge in [-0.25, -0.2) is 9.18 Å². The van der Waals surface area contributed by atoms with Gasteiger partial charge >= 0.3 is 5.97 Å². The van der Waals surface area contributed by atoms with Crippen molar-refractivity contribution in [3.05, 3.63) is 52.1 Å². The fourth-order valence-electron chi connectivity index (χ4n) is 2.65. The second-order valence-corrected chi connectivity index (χ2v) is 5.55. The number of aryl methyl sites for hydroxylation is 1. The highest BCUT2D eigenvalue weighted by Gasteiger charge is 2.28. The molecule has 140 valence electrons. The van der Waals surface area contributed by atoms with Gasteiger partial charge in [0.15, 0.2) is 0 Å². The molecule has 1 amide bonds. The second-order valence-electron chi connectivity index (χ2n) is 5.55. The van der Waals surface area contributed by atoms with Gasteiger partial charge in [-0.2, -0.15) is 0 Å². The number of carbonyl (C=O) groups excluding carboxylic acids is 2. The number of amides is 1. The molecule has 0 aliphatic rings. The molecule has 1 aromatic carbocycles. The molecule has 7 heteroatoms. The molecule has 1 aromatic heterocycles. The van der Waals surface area contributed by atoms with Gasteiger partial charge < -0.3 is 15.0 Å². The van der Waals surface area contributed by atoms with Crippen molar-refractivity contribution in [1.29, 1.82) is 0 Å². The Morgan fingerprint density at radius 1 is 1.12 bits per heavy atom. The monoisotopic (exact) mass is 362 g/mol. The van der Waals surface area contributed by atoms with Crippen LogP contribution < -0.4 is 5.32 Å². The van der Waals surface area contributed by atoms with Crippen LogP contribution >= 0.6 is 0 Å². The molecular weight excluding hydrogens is 339 g/mol. The van der Waals surface area contributed by atoms with Gasteiger partial charge in [-0.15, -0.1) is 0 Å². The van der Waals surface area contributed by atoms with Gasteiger partial charge in [0.25, 0.3) is 11.7 Å². The van der Waals surface area contributed by atoms with Gasteiger partial charge in [0.2, 0.25) is 0 Å². The van der Waals surface area contributed by atoms with E-state index in [9.17, 15) is 18.8 Å². The van der Waals surface area contributed by atoms with Crippen LogP contribution in [-0.4, -0.2) is 27.3 Å². The van der Waals surface area contributed by atoms with Crippen LogP contribution in [0, 0.1) is 26.6 Å². The second kappa shape index (κ2) is 8.42. The average molecular weight is 362 g/mol. The van der Waals surface area contributed by atoms with Crippen molar-refractivity contribution < 1.29 is 23.9 Å². The fourth-order valence-corrected chi connectivity index (χ4v) is 2.65. The number of halogens is 1. The van der Waals surface area contributed by atoms with E-state index in [1.807, 2.05) is 13.8 Å². The number of nitrogens with one attached hydrogen (secondary N) is 1. The lowest BCUT2D eigenvalue weighted by Crippen LogP contribution is -2.17. The van der Waals surface area contributed by atoms with E-state index in [0.29, 0.717) is 22.5 Å². The van der Waals surface area contributed by atoms with E-state index in [4.69, 9.17) is 5.11 Å². The van der Waals surface area contributed by atoms with Gasteiger partial charge in [0.05, 0.1) is 5.56 Å². The zero-order valence-corrected chi connectivity index (χ0v) is 15.7. The van der Waals surface area contributed by atoms with E-state index in [2.05, 4.69) is 5.32 Å². The maximum Gasteiger partial charge on any atom is 0.378 e. The number of hydrogen-bond donors (Lipinski definition) is 2. The van der Waals surface area contributed by atoms with Gasteiger partial charge in [-0.1, -0.05) is 13.8 Å². The van der Waals surface area contributed by atoms with Crippen LogP contribution in [0.15, 0.2) is 18.2 Å². The van der Waals surface area contributed by atoms with Crippen molar-refractivity contribution in [3.8, 4) is 0 Å². The number of carbonyl (C=O) groups is 3. The normalized spacial score (nSPS) is 9.96. The first-order chi connectivity index (χ1) is 12.1. The zero-order valence-electron chi connectivity index (χ0n) is 15.7. The summed E-state index contributed by atoms with van der Waals surface area (Å²) in [5.74, 6) is -3.53. The first kappa shape index (κ1) is 21.1. The maximum absolute atomic E-state index is 13.3. The van der Waals surface area contributed by atoms with Crippen molar-refractivity contribution in [1.82, 2.24) is 4.57 Å². The van der Waals surface area contributed by atoms with Crippen molar-refractivity contribution >= 4 is 23.3 Å². The molecule has 0 atom stereocenters. The number of aromatic nitrogens is 1. The minimum absolute atomic E-state index is 0.0413. The highest BCUT2D eigenvalue weighted by molar-refractivity contribution is 6.40. The van der Waals surface area contributed by atoms with Crippen molar-refractivity contribution in [3.63, 3.8) is 0 Å². The number of benzene rings is 1. The molecule has 2 rings (SSSR count). The summed E-state index contributed by atoms with van der Waals surface area (Å²) < 4.78 is 14.7. The number of aliphatic carboxylic acids is 1. The topological polar surface area (TPSA) is 88.4 Å². The Morgan fingerprint density at radius 2 is 1.69 bits per heavy atom. The van der Waals surface area contributed by atoms with Crippen LogP contribution in [0.1, 0.15) is 51.5 Å². The minimum Gasteiger partial charge on any atom is -0.475 e. The zero-order chi connectivity index (χ0) is 20.2. The van der Waals surface area contributed by atoms with Crippen LogP contribution in [0.2, 0.25) is 0 Å². The molecule has 1 heterocycles. The first-order valence-corrected chi connectivity index (χ1v) is 8.16. The summed E-state index contributed by atoms with van der Waals surface area (Å²) in [6.45, 7) is 8.72. The van der Waals surface area contributed by atoms with Gasteiger partial charge in [0, 0.05) is 18.4 Å². The molecule has 0 saturated heterocycles. The Morgan fingerprint density at radius 3 is 2.19 bits per heavy atom. The molecule has 0 aliphatic carbocycles. The predicted molar refractivity (Wildman–Crippen MR) is 97.3 cm³/mol. The van der Waals surface area contributed by atoms with Gasteiger partial charge in [-0.3, -0.25) is 9.59 Å². The number of ketones is 1. The molecule has 0 bridgehead atoms. The molecule has 0 radical (unpaired) electrons. The summed E-state index contributed by atoms with van der Waals surface area (Å²) in [7, 11) is 1.53. The minimum atomic E-state index is -1.58. The third kappa shape index (κ3) is 3.99. The average Bonchev–Trinajstić information content (AvgIpc) is 2.81. The van der Waals surface area contributed by atoms with Gasteiger partial charge in [-0.05, 0) is 50.1 Å². The summed E-state index contributed by atoms with van der Waals surface area (Å²) in [5, 5.41) is 11.6. The quantitative estimate of drug-likeness (QED) is 0.642. The van der Waals surface area contributed by atoms with E-state index in [1.165, 1.54) is 36.7 Å². The summed E-state index contributed by atoms with van der Waals surface area (Å²) >= 11 is 0. The molecule has 2 N–H and O–H groups in total. The number of rotatable bonds is 4. The van der Waals surface area contributed by atoms with E-state index in [-0.39, 0.29) is 17.1 Å². The van der Waals surface area contributed by atoms with Crippen LogP contribution in [0.3, 0.4) is 0 Å². The summed E-state index contributed by atoms with van der Waals surface area (Å²) in [6, 6.07) is 4.16. The Kier molecular flexibility index (Phi) is 6.83. The highest BCUT2D eigenvalue weighted by Crippen LogP contribution is 2.23. The standard InChI is InChI=1S/C17H17FN2O4.C2H6/c1-8-7-11(5-6-12(8)18)19-16(22)13-9(2)14(15(21)17(23)24)20(4)10(13)3;1-2/h5-7H,1-4H3,(H,19,22)(H,23,24);1-2H3. The van der Waals surface area contributed by atoms with Crippen LogP contribution in [0.4, 0.5) is 10.1 Å². The fraction of sp³-hybridized carbons (Fsp3) is 0.316. The lowest BCUT2D eigenvalue weighted by molar-refractivity contribution is -0.131. The van der Waals surface area contributed by atoms with Crippen LogP contribution in [0.25, 0.3) is 0 Å². The Bertz CT molecular complexity index is 869. The summed E-state index contributed by atoms with van der Waals surface area (Å²) in [6.07, 6.45) is 0. The Labute approximate surface area is 151 Å². The van der Waals surface area contributed by atoms with Crippen LogP contribution in [0.5, 0.6) is 0 Å². The number of hydrogen-bond acceptors (Lipinski definition) is 3. The molecule has 2 aromatic rings. The van der Waals surface area contributed by atoms with E-state index >= 15 is 0 Å². The lowest BCUT2D eigenvalue weighted by atomic mass is 10.1. The maximum atomic E-state index is 13.3. The highest BCUT2D eigenvalue weighted by atomic mass is 19.1. The number of carboxylic acid groups (broad SMARTS) is 1. The van der Waals surface area contributed by atoms with Crippen molar-refractivity contribution in [2.24, 2.45) is 7.05 Å². The van der Waals surface area contributed by atoms with Gasteiger partial charge in [0.1, 0.15) is 11.5 Å². The smallest absolute Gasteiger partial charge is 0.378 e. The number of nitrogens with zero attached hydrogens (tertiary/aromatic N) is 1. The molecular formula is C19H23FN2O4. The molecule has 0 saturated carbocycles. The SMILES string of the molecule is CC.Cc1cc(NC(=O)c2c(C)c(C(=O)C(=O)O)n(C)c2C)ccc1F. The van der Waals surface area contributed by atoms with E-state index in [1.54, 1.807) is 13.8 Å². The molecule has 0 fully saturated rings. The third-order valence-corrected chi connectivity index (χ3v) is 3.98. The predicted octanol–water partition coefficient (Wildman–Crippen LogP) is 3.64. The lowest BCUT2D eigenvalue weighted by Gasteiger charge is -2.07. The van der Waals surface area contributed by atoms with E-state index < -0.39 is 17.7 Å². The molecule has 26 heavy (non-hydrogen) atoms. The Hall–Kier alpha value is -2.96. The number of Topliss-reactive ketones (excluding diaryl/α,β-unsaturated/α-hetero) is 1. The first-order valence-electron chi connectivity index (χ1n) is 8.16.